The van der Waals surface area contributed by atoms with E-state index in [-0.39, 0.29) is 5.91 Å². The molecule has 30 heavy (non-hydrogen) atoms. The lowest BCUT2D eigenvalue weighted by Crippen LogP contribution is -2.44. The van der Waals surface area contributed by atoms with Crippen LogP contribution < -0.4 is 10.2 Å². The summed E-state index contributed by atoms with van der Waals surface area (Å²) in [5.74, 6) is 0.0318. The van der Waals surface area contributed by atoms with Gasteiger partial charge in [0.05, 0.1) is 5.69 Å². The van der Waals surface area contributed by atoms with E-state index in [4.69, 9.17) is 0 Å². The number of carbonyl (C=O) groups is 1. The second-order valence-corrected chi connectivity index (χ2v) is 8.92. The Morgan fingerprint density at radius 3 is 2.40 bits per heavy atom. The number of nitrogens with one attached hydrogen (secondary N) is 1. The van der Waals surface area contributed by atoms with Crippen molar-refractivity contribution >= 4 is 23.5 Å². The number of piperazine rings is 1. The lowest BCUT2D eigenvalue weighted by molar-refractivity contribution is -0.117. The number of amides is 1. The Hall–Kier alpha value is -2.35. The first kappa shape index (κ1) is 20.9. The van der Waals surface area contributed by atoms with Gasteiger partial charge < -0.3 is 15.1 Å². The van der Waals surface area contributed by atoms with Gasteiger partial charge in [0.1, 0.15) is 0 Å². The van der Waals surface area contributed by atoms with Crippen molar-refractivity contribution in [3.63, 3.8) is 0 Å². The number of aromatic nitrogens is 1. The fourth-order valence-corrected chi connectivity index (χ4v) is 4.62. The van der Waals surface area contributed by atoms with Crippen molar-refractivity contribution in [1.29, 1.82) is 0 Å². The van der Waals surface area contributed by atoms with Crippen molar-refractivity contribution in [3.8, 4) is 11.3 Å². The van der Waals surface area contributed by atoms with Gasteiger partial charge in [-0.25, -0.2) is 4.31 Å². The summed E-state index contributed by atoms with van der Waals surface area (Å²) >= 11 is 1.70. The van der Waals surface area contributed by atoms with Crippen LogP contribution in [-0.2, 0) is 4.79 Å². The van der Waals surface area contributed by atoms with Crippen molar-refractivity contribution in [3.05, 3.63) is 54.2 Å². The molecule has 0 aliphatic carbocycles. The summed E-state index contributed by atoms with van der Waals surface area (Å²) in [5.41, 5.74) is 4.29. The van der Waals surface area contributed by atoms with E-state index in [0.29, 0.717) is 0 Å². The average Bonchev–Trinajstić information content (AvgIpc) is 2.80. The molecular formula is C23H29N5OS. The Morgan fingerprint density at radius 1 is 1.03 bits per heavy atom. The Bertz CT molecular complexity index is 889. The molecule has 1 fully saturated rings. The molecule has 1 saturated heterocycles. The largest absolute Gasteiger partial charge is 0.369 e. The van der Waals surface area contributed by atoms with Crippen molar-refractivity contribution in [2.45, 2.75) is 11.3 Å². The van der Waals surface area contributed by atoms with E-state index in [1.54, 1.807) is 19.0 Å². The van der Waals surface area contributed by atoms with Gasteiger partial charge in [-0.05, 0) is 49.7 Å². The SMILES string of the molecule is CNC(=O)C1=CCN(Sc2ccc(-c3ccc(N4CCN(C)CC4)cc3)nc2)CC1. The van der Waals surface area contributed by atoms with Crippen molar-refractivity contribution in [1.82, 2.24) is 19.5 Å². The minimum Gasteiger partial charge on any atom is -0.369 e. The maximum atomic E-state index is 11.7. The number of benzene rings is 1. The van der Waals surface area contributed by atoms with Crippen LogP contribution >= 0.6 is 11.9 Å². The molecule has 6 nitrogen and oxygen atoms in total. The predicted octanol–water partition coefficient (Wildman–Crippen LogP) is 2.89. The van der Waals surface area contributed by atoms with Gasteiger partial charge in [0.15, 0.2) is 0 Å². The quantitative estimate of drug-likeness (QED) is 0.747. The molecule has 2 aliphatic heterocycles. The molecule has 0 atom stereocenters. The van der Waals surface area contributed by atoms with Crippen LogP contribution in [0.3, 0.4) is 0 Å². The topological polar surface area (TPSA) is 51.7 Å². The Labute approximate surface area is 183 Å². The maximum Gasteiger partial charge on any atom is 0.246 e. The zero-order valence-electron chi connectivity index (χ0n) is 17.7. The van der Waals surface area contributed by atoms with Crippen LogP contribution in [0.25, 0.3) is 11.3 Å². The van der Waals surface area contributed by atoms with Crippen molar-refractivity contribution < 1.29 is 4.79 Å². The number of carbonyl (C=O) groups excluding carboxylic acids is 1. The lowest BCUT2D eigenvalue weighted by atomic mass is 10.1. The summed E-state index contributed by atoms with van der Waals surface area (Å²) in [6.07, 6.45) is 4.73. The molecule has 1 amide bonds. The first-order chi connectivity index (χ1) is 14.6. The number of nitrogens with zero attached hydrogens (tertiary/aromatic N) is 4. The average molecular weight is 424 g/mol. The van der Waals surface area contributed by atoms with E-state index in [2.05, 4.69) is 67.9 Å². The molecule has 158 valence electrons. The molecule has 0 radical (unpaired) electrons. The van der Waals surface area contributed by atoms with Crippen LogP contribution in [0.15, 0.2) is 59.1 Å². The van der Waals surface area contributed by atoms with Crippen LogP contribution in [0.4, 0.5) is 5.69 Å². The number of likely N-dealkylation sites (N-methyl/N-ethyl adjacent to an activating group) is 2. The Kier molecular flexibility index (Phi) is 6.72. The van der Waals surface area contributed by atoms with Crippen LogP contribution in [0.2, 0.25) is 0 Å². The van der Waals surface area contributed by atoms with Crippen LogP contribution in [0, 0.1) is 0 Å². The van der Waals surface area contributed by atoms with Crippen LogP contribution in [0.5, 0.6) is 0 Å². The highest BCUT2D eigenvalue weighted by atomic mass is 32.2. The predicted molar refractivity (Wildman–Crippen MR) is 124 cm³/mol. The first-order valence-corrected chi connectivity index (χ1v) is 11.2. The van der Waals surface area contributed by atoms with Gasteiger partial charge in [-0.3, -0.25) is 9.78 Å². The standard InChI is InChI=1S/C23H29N5OS/c1-24-23(29)19-9-11-28(12-10-19)30-21-7-8-22(25-17-21)18-3-5-20(6-4-18)27-15-13-26(2)14-16-27/h3-9,17H,10-16H2,1-2H3,(H,24,29). The summed E-state index contributed by atoms with van der Waals surface area (Å²) in [6.45, 7) is 6.01. The fraction of sp³-hybridized carbons (Fsp3) is 0.391. The zero-order valence-corrected chi connectivity index (χ0v) is 18.5. The summed E-state index contributed by atoms with van der Waals surface area (Å²) in [7, 11) is 3.86. The molecule has 2 aliphatic rings. The second-order valence-electron chi connectivity index (χ2n) is 7.75. The number of hydrogen-bond donors (Lipinski definition) is 1. The smallest absolute Gasteiger partial charge is 0.246 e. The monoisotopic (exact) mass is 423 g/mol. The first-order valence-electron chi connectivity index (χ1n) is 10.5. The van der Waals surface area contributed by atoms with Gasteiger partial charge in [0.25, 0.3) is 0 Å². The highest BCUT2D eigenvalue weighted by molar-refractivity contribution is 7.97. The van der Waals surface area contributed by atoms with Gasteiger partial charge in [0, 0.05) is 74.2 Å². The number of rotatable bonds is 5. The van der Waals surface area contributed by atoms with E-state index in [0.717, 1.165) is 67.4 Å². The van der Waals surface area contributed by atoms with Crippen LogP contribution in [-0.4, -0.2) is 73.5 Å². The molecule has 1 N–H and O–H groups in total. The van der Waals surface area contributed by atoms with Crippen molar-refractivity contribution in [2.75, 3.05) is 58.3 Å². The molecule has 0 bridgehead atoms. The summed E-state index contributed by atoms with van der Waals surface area (Å²) in [4.78, 5) is 22.3. The van der Waals surface area contributed by atoms with Gasteiger partial charge in [0.2, 0.25) is 5.91 Å². The molecule has 4 rings (SSSR count). The summed E-state index contributed by atoms with van der Waals surface area (Å²) in [6, 6.07) is 12.9. The van der Waals surface area contributed by atoms with E-state index >= 15 is 0 Å². The molecule has 1 aromatic heterocycles. The lowest BCUT2D eigenvalue weighted by Gasteiger charge is -2.34. The third-order valence-corrected chi connectivity index (χ3v) is 6.74. The number of hydrogen-bond acceptors (Lipinski definition) is 6. The normalized spacial score (nSPS) is 18.2. The summed E-state index contributed by atoms with van der Waals surface area (Å²) < 4.78 is 2.26. The second kappa shape index (κ2) is 9.64. The Morgan fingerprint density at radius 2 is 1.80 bits per heavy atom. The Balaban J connectivity index is 1.35. The van der Waals surface area contributed by atoms with Crippen molar-refractivity contribution in [2.24, 2.45) is 0 Å². The molecular weight excluding hydrogens is 394 g/mol. The van der Waals surface area contributed by atoms with E-state index in [1.807, 2.05) is 12.3 Å². The number of pyridine rings is 1. The van der Waals surface area contributed by atoms with Crippen LogP contribution in [0.1, 0.15) is 6.42 Å². The molecule has 3 heterocycles. The van der Waals surface area contributed by atoms with Gasteiger partial charge in [-0.1, -0.05) is 18.2 Å². The third-order valence-electron chi connectivity index (χ3n) is 5.69. The van der Waals surface area contributed by atoms with E-state index in [9.17, 15) is 4.79 Å². The third kappa shape index (κ3) is 5.03. The minimum absolute atomic E-state index is 0.0318. The number of anilines is 1. The highest BCUT2D eigenvalue weighted by Crippen LogP contribution is 2.28. The van der Waals surface area contributed by atoms with Gasteiger partial charge in [-0.2, -0.15) is 0 Å². The summed E-state index contributed by atoms with van der Waals surface area (Å²) in [5, 5.41) is 2.70. The van der Waals surface area contributed by atoms with Gasteiger partial charge >= 0.3 is 0 Å². The minimum atomic E-state index is 0.0318. The molecule has 1 aromatic carbocycles. The molecule has 0 saturated carbocycles. The highest BCUT2D eigenvalue weighted by Gasteiger charge is 2.17. The molecule has 2 aromatic rings. The van der Waals surface area contributed by atoms with E-state index in [1.165, 1.54) is 5.69 Å². The fourth-order valence-electron chi connectivity index (χ4n) is 3.76. The van der Waals surface area contributed by atoms with Gasteiger partial charge in [-0.15, -0.1) is 0 Å². The molecule has 7 heteroatoms. The molecule has 0 spiro atoms. The maximum absolute atomic E-state index is 11.7. The van der Waals surface area contributed by atoms with E-state index < -0.39 is 0 Å². The zero-order chi connectivity index (χ0) is 20.9. The molecule has 0 unspecified atom stereocenters.